The molecule has 8 heteroatoms. The molecule has 0 bridgehead atoms. The first-order valence-corrected chi connectivity index (χ1v) is 8.04. The second-order valence-electron chi connectivity index (χ2n) is 5.36. The minimum absolute atomic E-state index is 0. The van der Waals surface area contributed by atoms with Crippen molar-refractivity contribution in [1.82, 2.24) is 4.31 Å². The van der Waals surface area contributed by atoms with E-state index in [0.717, 1.165) is 6.42 Å². The van der Waals surface area contributed by atoms with Crippen molar-refractivity contribution in [1.29, 1.82) is 5.26 Å². The summed E-state index contributed by atoms with van der Waals surface area (Å²) in [6.45, 7) is 3.25. The van der Waals surface area contributed by atoms with Gasteiger partial charge in [0, 0.05) is 13.1 Å². The number of rotatable bonds is 3. The van der Waals surface area contributed by atoms with E-state index in [-0.39, 0.29) is 27.7 Å². The highest BCUT2D eigenvalue weighted by atomic mass is 35.5. The Hall–Kier alpha value is -0.840. The van der Waals surface area contributed by atoms with Gasteiger partial charge in [-0.05, 0) is 36.6 Å². The Labute approximate surface area is 136 Å². The molecule has 1 aliphatic heterocycles. The molecule has 116 valence electrons. The predicted molar refractivity (Wildman–Crippen MR) is 84.0 cm³/mol. The Kier molecular flexibility index (Phi) is 5.64. The lowest BCUT2D eigenvalue weighted by molar-refractivity contribution is 0.349. The van der Waals surface area contributed by atoms with Crippen LogP contribution in [0.1, 0.15) is 18.9 Å². The van der Waals surface area contributed by atoms with Crippen molar-refractivity contribution in [2.24, 2.45) is 11.1 Å². The van der Waals surface area contributed by atoms with Crippen molar-refractivity contribution in [3.63, 3.8) is 0 Å². The van der Waals surface area contributed by atoms with Crippen LogP contribution in [-0.2, 0) is 10.0 Å². The van der Waals surface area contributed by atoms with Crippen molar-refractivity contribution < 1.29 is 8.42 Å². The molecular formula is C13H17Cl2N3O2S. The number of benzene rings is 1. The van der Waals surface area contributed by atoms with Crippen LogP contribution in [0.3, 0.4) is 0 Å². The Morgan fingerprint density at radius 1 is 1.52 bits per heavy atom. The van der Waals surface area contributed by atoms with Crippen molar-refractivity contribution in [3.8, 4) is 6.07 Å². The molecule has 1 aliphatic rings. The molecule has 0 spiro atoms. The lowest BCUT2D eigenvalue weighted by Crippen LogP contribution is -2.34. The van der Waals surface area contributed by atoms with Gasteiger partial charge in [0.2, 0.25) is 10.0 Å². The van der Waals surface area contributed by atoms with Crippen LogP contribution in [0, 0.1) is 16.7 Å². The molecule has 0 aliphatic carbocycles. The molecule has 21 heavy (non-hydrogen) atoms. The van der Waals surface area contributed by atoms with Gasteiger partial charge in [-0.2, -0.15) is 9.57 Å². The molecule has 0 saturated carbocycles. The summed E-state index contributed by atoms with van der Waals surface area (Å²) in [4.78, 5) is 0.0411. The van der Waals surface area contributed by atoms with Crippen molar-refractivity contribution in [3.05, 3.63) is 28.8 Å². The molecular weight excluding hydrogens is 333 g/mol. The third-order valence-corrected chi connectivity index (χ3v) is 6.02. The number of nitrogens with two attached hydrogens (primary N) is 1. The highest BCUT2D eigenvalue weighted by molar-refractivity contribution is 7.89. The maximum Gasteiger partial charge on any atom is 0.244 e. The monoisotopic (exact) mass is 349 g/mol. The number of hydrogen-bond donors (Lipinski definition) is 1. The average Bonchev–Trinajstić information content (AvgIpc) is 2.82. The van der Waals surface area contributed by atoms with Crippen molar-refractivity contribution in [2.45, 2.75) is 18.2 Å². The fraction of sp³-hybridized carbons (Fsp3) is 0.462. The van der Waals surface area contributed by atoms with Gasteiger partial charge in [-0.15, -0.1) is 12.4 Å². The standard InChI is InChI=1S/C13H16ClN3O2S.ClH/c1-13(8-16)4-5-17(9-13)20(18,19)12-3-2-10(7-15)6-11(12)14;/h2-3,6H,4-5,8-9,16H2,1H3;1H. The molecule has 1 unspecified atom stereocenters. The molecule has 1 atom stereocenters. The molecule has 0 aromatic heterocycles. The molecule has 2 rings (SSSR count). The van der Waals surface area contributed by atoms with E-state index in [2.05, 4.69) is 0 Å². The molecule has 0 radical (unpaired) electrons. The maximum atomic E-state index is 12.6. The van der Waals surface area contributed by atoms with Gasteiger partial charge in [0.05, 0.1) is 16.7 Å². The fourth-order valence-corrected chi connectivity index (χ4v) is 4.38. The minimum Gasteiger partial charge on any atom is -0.330 e. The van der Waals surface area contributed by atoms with Gasteiger partial charge in [0.1, 0.15) is 4.90 Å². The van der Waals surface area contributed by atoms with E-state index >= 15 is 0 Å². The third-order valence-electron chi connectivity index (χ3n) is 3.69. The maximum absolute atomic E-state index is 12.6. The second-order valence-corrected chi connectivity index (χ2v) is 7.67. The van der Waals surface area contributed by atoms with E-state index in [1.54, 1.807) is 0 Å². The van der Waals surface area contributed by atoms with Crippen LogP contribution >= 0.6 is 24.0 Å². The molecule has 1 aromatic rings. The van der Waals surface area contributed by atoms with Crippen LogP contribution in [0.25, 0.3) is 0 Å². The second kappa shape index (κ2) is 6.51. The first-order chi connectivity index (χ1) is 9.32. The molecule has 1 heterocycles. The predicted octanol–water partition coefficient (Wildman–Crippen LogP) is 1.99. The number of nitriles is 1. The smallest absolute Gasteiger partial charge is 0.244 e. The van der Waals surface area contributed by atoms with E-state index in [1.165, 1.54) is 22.5 Å². The van der Waals surface area contributed by atoms with Crippen molar-refractivity contribution in [2.75, 3.05) is 19.6 Å². The number of nitrogens with zero attached hydrogens (tertiary/aromatic N) is 2. The van der Waals surface area contributed by atoms with Crippen LogP contribution in [-0.4, -0.2) is 32.4 Å². The van der Waals surface area contributed by atoms with Crippen LogP contribution in [0.4, 0.5) is 0 Å². The highest BCUT2D eigenvalue weighted by Gasteiger charge is 2.39. The summed E-state index contributed by atoms with van der Waals surface area (Å²) in [6.07, 6.45) is 0.733. The number of halogens is 2. The van der Waals surface area contributed by atoms with Crippen LogP contribution < -0.4 is 5.73 Å². The quantitative estimate of drug-likeness (QED) is 0.903. The molecule has 0 amide bonds. The topological polar surface area (TPSA) is 87.2 Å². The number of sulfonamides is 1. The summed E-state index contributed by atoms with van der Waals surface area (Å²) >= 11 is 5.99. The summed E-state index contributed by atoms with van der Waals surface area (Å²) in [5.74, 6) is 0. The summed E-state index contributed by atoms with van der Waals surface area (Å²) in [5, 5.41) is 8.86. The van der Waals surface area contributed by atoms with E-state index in [1.807, 2.05) is 13.0 Å². The largest absolute Gasteiger partial charge is 0.330 e. The summed E-state index contributed by atoms with van der Waals surface area (Å²) in [7, 11) is -3.64. The van der Waals surface area contributed by atoms with Gasteiger partial charge < -0.3 is 5.73 Å². The highest BCUT2D eigenvalue weighted by Crippen LogP contribution is 2.34. The first-order valence-electron chi connectivity index (χ1n) is 6.22. The molecule has 1 aromatic carbocycles. The van der Waals surface area contributed by atoms with Crippen LogP contribution in [0.5, 0.6) is 0 Å². The third kappa shape index (κ3) is 3.50. The Morgan fingerprint density at radius 2 is 2.19 bits per heavy atom. The molecule has 2 N–H and O–H groups in total. The molecule has 1 saturated heterocycles. The average molecular weight is 350 g/mol. The summed E-state index contributed by atoms with van der Waals surface area (Å²) in [5.41, 5.74) is 5.84. The first kappa shape index (κ1) is 18.2. The van der Waals surface area contributed by atoms with Gasteiger partial charge in [-0.3, -0.25) is 0 Å². The van der Waals surface area contributed by atoms with E-state index in [9.17, 15) is 8.42 Å². The van der Waals surface area contributed by atoms with Crippen molar-refractivity contribution >= 4 is 34.0 Å². The van der Waals surface area contributed by atoms with Gasteiger partial charge in [-0.25, -0.2) is 8.42 Å². The van der Waals surface area contributed by atoms with Gasteiger partial charge in [0.25, 0.3) is 0 Å². The van der Waals surface area contributed by atoms with Gasteiger partial charge in [0.15, 0.2) is 0 Å². The Balaban J connectivity index is 0.00000220. The SMILES string of the molecule is CC1(CN)CCN(S(=O)(=O)c2ccc(C#N)cc2Cl)C1.Cl. The van der Waals surface area contributed by atoms with E-state index in [4.69, 9.17) is 22.6 Å². The zero-order valence-electron chi connectivity index (χ0n) is 11.5. The Bertz CT molecular complexity index is 672. The van der Waals surface area contributed by atoms with Crippen LogP contribution in [0.15, 0.2) is 23.1 Å². The summed E-state index contributed by atoms with van der Waals surface area (Å²) in [6, 6.07) is 6.14. The minimum atomic E-state index is -3.64. The van der Waals surface area contributed by atoms with Gasteiger partial charge in [-0.1, -0.05) is 18.5 Å². The zero-order valence-corrected chi connectivity index (χ0v) is 13.9. The van der Waals surface area contributed by atoms with E-state index < -0.39 is 10.0 Å². The lowest BCUT2D eigenvalue weighted by Gasteiger charge is -2.22. The zero-order chi connectivity index (χ0) is 15.0. The van der Waals surface area contributed by atoms with Crippen LogP contribution in [0.2, 0.25) is 5.02 Å². The Morgan fingerprint density at radius 3 is 2.67 bits per heavy atom. The number of hydrogen-bond acceptors (Lipinski definition) is 4. The normalized spacial score (nSPS) is 22.6. The molecule has 5 nitrogen and oxygen atoms in total. The van der Waals surface area contributed by atoms with E-state index in [0.29, 0.717) is 25.2 Å². The fourth-order valence-electron chi connectivity index (χ4n) is 2.27. The summed E-state index contributed by atoms with van der Waals surface area (Å²) < 4.78 is 26.6. The van der Waals surface area contributed by atoms with Gasteiger partial charge >= 0.3 is 0 Å². The molecule has 1 fully saturated rings. The lowest BCUT2D eigenvalue weighted by atomic mass is 9.90.